The Labute approximate surface area is 128 Å². The molecule has 0 aromatic heterocycles. The first-order valence-electron chi connectivity index (χ1n) is 7.11. The van der Waals surface area contributed by atoms with E-state index in [2.05, 4.69) is 10.8 Å². The fourth-order valence-corrected chi connectivity index (χ4v) is 2.26. The van der Waals surface area contributed by atoms with E-state index in [0.717, 1.165) is 25.7 Å². The molecule has 2 rings (SSSR count). The van der Waals surface area contributed by atoms with Crippen LogP contribution in [0.5, 0.6) is 5.75 Å². The van der Waals surface area contributed by atoms with Crippen LogP contribution in [-0.2, 0) is 10.9 Å². The van der Waals surface area contributed by atoms with E-state index in [1.807, 2.05) is 0 Å². The van der Waals surface area contributed by atoms with Crippen LogP contribution in [0.2, 0.25) is 0 Å². The minimum Gasteiger partial charge on any atom is -0.493 e. The lowest BCUT2D eigenvalue weighted by Crippen LogP contribution is -2.37. The number of rotatable bonds is 5. The summed E-state index contributed by atoms with van der Waals surface area (Å²) in [5.74, 6) is 2.03. The molecule has 120 valence electrons. The third kappa shape index (κ3) is 4.65. The molecule has 0 N–H and O–H groups in total. The first-order chi connectivity index (χ1) is 10.5. The lowest BCUT2D eigenvalue weighted by Gasteiger charge is -2.26. The number of hydrogen-bond acceptors (Lipinski definition) is 3. The van der Waals surface area contributed by atoms with Crippen LogP contribution < -0.4 is 4.74 Å². The maximum Gasteiger partial charge on any atom is 0.420 e. The molecule has 0 amide bonds. The summed E-state index contributed by atoms with van der Waals surface area (Å²) in [4.78, 5) is 2.21. The summed E-state index contributed by atoms with van der Waals surface area (Å²) >= 11 is 0. The van der Waals surface area contributed by atoms with E-state index >= 15 is 0 Å². The van der Waals surface area contributed by atoms with Crippen LogP contribution in [-0.4, -0.2) is 44.4 Å². The molecule has 1 aliphatic heterocycles. The zero-order chi connectivity index (χ0) is 16.0. The quantitative estimate of drug-likeness (QED) is 0.616. The Morgan fingerprint density at radius 3 is 2.64 bits per heavy atom. The van der Waals surface area contributed by atoms with E-state index in [1.54, 1.807) is 0 Å². The van der Waals surface area contributed by atoms with Crippen molar-refractivity contribution < 1.29 is 22.6 Å². The van der Waals surface area contributed by atoms with Gasteiger partial charge < -0.3 is 9.47 Å². The number of morpholine rings is 1. The highest BCUT2D eigenvalue weighted by molar-refractivity contribution is 5.44. The zero-order valence-corrected chi connectivity index (χ0v) is 12.2. The summed E-state index contributed by atoms with van der Waals surface area (Å²) in [5, 5.41) is 0. The van der Waals surface area contributed by atoms with Gasteiger partial charge in [-0.15, -0.1) is 6.42 Å². The lowest BCUT2D eigenvalue weighted by molar-refractivity contribution is -0.139. The van der Waals surface area contributed by atoms with Gasteiger partial charge in [-0.3, -0.25) is 4.90 Å². The Balaban J connectivity index is 1.90. The van der Waals surface area contributed by atoms with E-state index in [0.29, 0.717) is 19.6 Å². The molecule has 0 unspecified atom stereocenters. The molecule has 3 nitrogen and oxygen atoms in total. The fourth-order valence-electron chi connectivity index (χ4n) is 2.26. The number of nitrogens with zero attached hydrogens (tertiary/aromatic N) is 1. The Morgan fingerprint density at radius 2 is 2.00 bits per heavy atom. The van der Waals surface area contributed by atoms with Crippen LogP contribution in [0.1, 0.15) is 17.5 Å². The maximum absolute atomic E-state index is 13.0. The number of alkyl halides is 3. The first-order valence-corrected chi connectivity index (χ1v) is 7.11. The maximum atomic E-state index is 13.0. The van der Waals surface area contributed by atoms with Gasteiger partial charge in [-0.25, -0.2) is 0 Å². The summed E-state index contributed by atoms with van der Waals surface area (Å²) in [6, 6.07) is 3.68. The highest BCUT2D eigenvalue weighted by atomic mass is 19.4. The number of ether oxygens (including phenoxy) is 2. The van der Waals surface area contributed by atoms with Crippen molar-refractivity contribution in [3.8, 4) is 18.1 Å². The number of terminal acetylenes is 1. The molecule has 0 saturated carbocycles. The Hall–Kier alpha value is -1.71. The number of halogens is 3. The molecule has 1 aromatic carbocycles. The second-order valence-electron chi connectivity index (χ2n) is 5.01. The van der Waals surface area contributed by atoms with Gasteiger partial charge in [0.15, 0.2) is 0 Å². The zero-order valence-electron chi connectivity index (χ0n) is 12.2. The molecule has 0 bridgehead atoms. The molecular weight excluding hydrogens is 295 g/mol. The largest absolute Gasteiger partial charge is 0.493 e. The first kappa shape index (κ1) is 16.7. The molecule has 6 heteroatoms. The molecule has 1 aromatic rings. The van der Waals surface area contributed by atoms with Crippen LogP contribution in [0.4, 0.5) is 13.2 Å². The van der Waals surface area contributed by atoms with Gasteiger partial charge in [0.2, 0.25) is 0 Å². The van der Waals surface area contributed by atoms with E-state index < -0.39 is 11.7 Å². The normalized spacial score (nSPS) is 16.3. The molecule has 1 fully saturated rings. The Kier molecular flexibility index (Phi) is 5.69. The van der Waals surface area contributed by atoms with Gasteiger partial charge in [-0.2, -0.15) is 13.2 Å². The van der Waals surface area contributed by atoms with Crippen molar-refractivity contribution in [2.24, 2.45) is 0 Å². The molecule has 1 saturated heterocycles. The molecule has 0 spiro atoms. The molecule has 0 aliphatic carbocycles. The van der Waals surface area contributed by atoms with Crippen LogP contribution >= 0.6 is 0 Å². The third-order valence-electron chi connectivity index (χ3n) is 3.43. The molecular formula is C16H18F3NO2. The average molecular weight is 313 g/mol. The Morgan fingerprint density at radius 1 is 1.27 bits per heavy atom. The molecule has 0 atom stereocenters. The fraction of sp³-hybridized carbons (Fsp3) is 0.500. The molecule has 1 aliphatic rings. The van der Waals surface area contributed by atoms with Gasteiger partial charge in [-0.1, -0.05) is 5.92 Å². The number of benzene rings is 1. The van der Waals surface area contributed by atoms with Crippen molar-refractivity contribution in [2.45, 2.75) is 12.6 Å². The molecule has 22 heavy (non-hydrogen) atoms. The highest BCUT2D eigenvalue weighted by Gasteiger charge is 2.34. The van der Waals surface area contributed by atoms with Crippen LogP contribution in [0.25, 0.3) is 0 Å². The standard InChI is InChI=1S/C16H18F3NO2/c1-2-13-4-5-15(14(12-13)16(17,18)19)22-9-3-6-20-7-10-21-11-8-20/h1,4-5,12H,3,6-11H2. The van der Waals surface area contributed by atoms with Gasteiger partial charge in [-0.05, 0) is 24.6 Å². The monoisotopic (exact) mass is 313 g/mol. The summed E-state index contributed by atoms with van der Waals surface area (Å²) < 4.78 is 49.5. The van der Waals surface area contributed by atoms with Gasteiger partial charge in [0.05, 0.1) is 25.4 Å². The van der Waals surface area contributed by atoms with Crippen molar-refractivity contribution in [1.82, 2.24) is 4.90 Å². The summed E-state index contributed by atoms with van der Waals surface area (Å²) in [6.45, 7) is 4.12. The highest BCUT2D eigenvalue weighted by Crippen LogP contribution is 2.36. The SMILES string of the molecule is C#Cc1ccc(OCCCN2CCOCC2)c(C(F)(F)F)c1. The summed E-state index contributed by atoms with van der Waals surface area (Å²) in [6.07, 6.45) is 1.32. The second-order valence-corrected chi connectivity index (χ2v) is 5.01. The summed E-state index contributed by atoms with van der Waals surface area (Å²) in [5.41, 5.74) is -0.637. The molecule has 1 heterocycles. The van der Waals surface area contributed by atoms with Crippen LogP contribution in [0.15, 0.2) is 18.2 Å². The predicted octanol–water partition coefficient (Wildman–Crippen LogP) is 2.79. The smallest absolute Gasteiger partial charge is 0.420 e. The van der Waals surface area contributed by atoms with Gasteiger partial charge >= 0.3 is 6.18 Å². The van der Waals surface area contributed by atoms with E-state index in [4.69, 9.17) is 15.9 Å². The lowest BCUT2D eigenvalue weighted by atomic mass is 10.1. The second kappa shape index (κ2) is 7.52. The summed E-state index contributed by atoms with van der Waals surface area (Å²) in [7, 11) is 0. The van der Waals surface area contributed by atoms with Gasteiger partial charge in [0.25, 0.3) is 0 Å². The van der Waals surface area contributed by atoms with Crippen LogP contribution in [0, 0.1) is 12.3 Å². The van der Waals surface area contributed by atoms with Crippen molar-refractivity contribution in [3.05, 3.63) is 29.3 Å². The van der Waals surface area contributed by atoms with Gasteiger partial charge in [0.1, 0.15) is 5.75 Å². The van der Waals surface area contributed by atoms with Crippen molar-refractivity contribution in [1.29, 1.82) is 0 Å². The van der Waals surface area contributed by atoms with E-state index in [9.17, 15) is 13.2 Å². The average Bonchev–Trinajstić information content (AvgIpc) is 2.51. The molecule has 0 radical (unpaired) electrons. The van der Waals surface area contributed by atoms with Gasteiger partial charge in [0, 0.05) is 25.2 Å². The minimum atomic E-state index is -4.48. The Bertz CT molecular complexity index is 531. The predicted molar refractivity (Wildman–Crippen MR) is 76.8 cm³/mol. The van der Waals surface area contributed by atoms with E-state index in [1.165, 1.54) is 12.1 Å². The van der Waals surface area contributed by atoms with Crippen LogP contribution in [0.3, 0.4) is 0 Å². The number of hydrogen-bond donors (Lipinski definition) is 0. The minimum absolute atomic E-state index is 0.173. The van der Waals surface area contributed by atoms with Crippen molar-refractivity contribution >= 4 is 0 Å². The third-order valence-corrected chi connectivity index (χ3v) is 3.43. The van der Waals surface area contributed by atoms with Crippen molar-refractivity contribution in [2.75, 3.05) is 39.5 Å². The topological polar surface area (TPSA) is 21.7 Å². The van der Waals surface area contributed by atoms with E-state index in [-0.39, 0.29) is 17.9 Å². The van der Waals surface area contributed by atoms with Crippen molar-refractivity contribution in [3.63, 3.8) is 0 Å².